The van der Waals surface area contributed by atoms with Gasteiger partial charge in [0, 0.05) is 19.3 Å². The van der Waals surface area contributed by atoms with Crippen LogP contribution in [-0.4, -0.2) is 52.0 Å². The van der Waals surface area contributed by atoms with E-state index in [1.807, 2.05) is 93.0 Å². The number of anilines is 1. The molecule has 188 valence electrons. The fourth-order valence-electron chi connectivity index (χ4n) is 4.00. The number of ether oxygens (including phenoxy) is 3. The number of carbonyl (C=O) groups is 1. The van der Waals surface area contributed by atoms with Crippen molar-refractivity contribution in [3.05, 3.63) is 90.0 Å². The third-order valence-electron chi connectivity index (χ3n) is 5.97. The summed E-state index contributed by atoms with van der Waals surface area (Å²) in [4.78, 5) is 15.8. The van der Waals surface area contributed by atoms with Gasteiger partial charge in [0.05, 0.1) is 5.57 Å². The summed E-state index contributed by atoms with van der Waals surface area (Å²) >= 11 is 0. The quantitative estimate of drug-likeness (QED) is 0.206. The maximum Gasteiger partial charge on any atom is 0.256 e. The van der Waals surface area contributed by atoms with Crippen molar-refractivity contribution in [3.63, 3.8) is 0 Å². The Morgan fingerprint density at radius 1 is 0.861 bits per heavy atom. The average Bonchev–Trinajstić information content (AvgIpc) is 3.73. The average molecular weight is 487 g/mol. The van der Waals surface area contributed by atoms with Crippen molar-refractivity contribution in [1.29, 1.82) is 0 Å². The zero-order valence-corrected chi connectivity index (χ0v) is 21.2. The summed E-state index contributed by atoms with van der Waals surface area (Å²) < 4.78 is 16.3. The van der Waals surface area contributed by atoms with E-state index >= 15 is 0 Å². The van der Waals surface area contributed by atoms with Crippen LogP contribution in [0.5, 0.6) is 11.5 Å². The summed E-state index contributed by atoms with van der Waals surface area (Å²) in [5.74, 6) is 1.74. The molecule has 0 aliphatic heterocycles. The predicted molar refractivity (Wildman–Crippen MR) is 144 cm³/mol. The van der Waals surface area contributed by atoms with Crippen LogP contribution in [0.1, 0.15) is 24.0 Å². The van der Waals surface area contributed by atoms with Gasteiger partial charge in [-0.3, -0.25) is 4.79 Å². The van der Waals surface area contributed by atoms with Crippen molar-refractivity contribution in [2.24, 2.45) is 5.92 Å². The Morgan fingerprint density at radius 2 is 1.50 bits per heavy atom. The third kappa shape index (κ3) is 6.97. The standard InChI is InChI=1S/C30H34N2O4/c1-32(2)19-20-35-26-17-13-25(14-18-26)31-30(33)29(22-7-5-4-6-8-22)28(23-9-10-23)24-11-15-27(16-12-24)36-21-34-3/h4-8,11-18,23H,9-10,19-21H2,1-3H3,(H,31,33). The van der Waals surface area contributed by atoms with Crippen LogP contribution in [-0.2, 0) is 9.53 Å². The second kappa shape index (κ2) is 12.4. The molecule has 0 aromatic heterocycles. The summed E-state index contributed by atoms with van der Waals surface area (Å²) in [7, 11) is 5.62. The first-order valence-electron chi connectivity index (χ1n) is 12.3. The first-order chi connectivity index (χ1) is 17.5. The van der Waals surface area contributed by atoms with E-state index in [1.54, 1.807) is 7.11 Å². The van der Waals surface area contributed by atoms with Gasteiger partial charge in [0.2, 0.25) is 0 Å². The van der Waals surface area contributed by atoms with E-state index in [2.05, 4.69) is 10.2 Å². The summed E-state index contributed by atoms with van der Waals surface area (Å²) in [6.45, 7) is 1.65. The van der Waals surface area contributed by atoms with E-state index in [1.165, 1.54) is 0 Å². The number of nitrogens with one attached hydrogen (secondary N) is 1. The zero-order valence-electron chi connectivity index (χ0n) is 21.2. The number of amides is 1. The van der Waals surface area contributed by atoms with E-state index < -0.39 is 0 Å². The molecule has 0 unspecified atom stereocenters. The lowest BCUT2D eigenvalue weighted by atomic mass is 9.90. The number of allylic oxidation sites excluding steroid dienone is 1. The Hall–Kier alpha value is -3.61. The highest BCUT2D eigenvalue weighted by atomic mass is 16.7. The number of carbonyl (C=O) groups excluding carboxylic acids is 1. The number of methoxy groups -OCH3 is 1. The number of likely N-dealkylation sites (N-methyl/N-ethyl adjacent to an activating group) is 1. The second-order valence-corrected chi connectivity index (χ2v) is 9.13. The number of hydrogen-bond donors (Lipinski definition) is 1. The van der Waals surface area contributed by atoms with Crippen LogP contribution in [0.4, 0.5) is 5.69 Å². The van der Waals surface area contributed by atoms with Crippen LogP contribution in [0.3, 0.4) is 0 Å². The summed E-state index contributed by atoms with van der Waals surface area (Å²) in [6.07, 6.45) is 2.14. The number of rotatable bonds is 12. The van der Waals surface area contributed by atoms with Crippen molar-refractivity contribution < 1.29 is 19.0 Å². The van der Waals surface area contributed by atoms with Gasteiger partial charge in [-0.1, -0.05) is 42.5 Å². The van der Waals surface area contributed by atoms with Gasteiger partial charge in [0.1, 0.15) is 18.1 Å². The third-order valence-corrected chi connectivity index (χ3v) is 5.97. The SMILES string of the molecule is COCOc1ccc(C(=C(C(=O)Nc2ccc(OCCN(C)C)cc2)c2ccccc2)C2CC2)cc1. The normalized spacial score (nSPS) is 13.8. The lowest BCUT2D eigenvalue weighted by molar-refractivity contribution is -0.111. The molecule has 3 aromatic carbocycles. The second-order valence-electron chi connectivity index (χ2n) is 9.13. The molecule has 0 heterocycles. The van der Waals surface area contributed by atoms with E-state index in [4.69, 9.17) is 14.2 Å². The zero-order chi connectivity index (χ0) is 25.3. The maximum absolute atomic E-state index is 13.8. The lowest BCUT2D eigenvalue weighted by Gasteiger charge is -2.17. The fraction of sp³-hybridized carbons (Fsp3) is 0.300. The molecule has 3 aromatic rings. The molecular formula is C30H34N2O4. The van der Waals surface area contributed by atoms with Gasteiger partial charge >= 0.3 is 0 Å². The highest BCUT2D eigenvalue weighted by Gasteiger charge is 2.32. The van der Waals surface area contributed by atoms with Gasteiger partial charge in [-0.2, -0.15) is 0 Å². The Morgan fingerprint density at radius 3 is 2.11 bits per heavy atom. The first-order valence-corrected chi connectivity index (χ1v) is 12.3. The molecule has 0 bridgehead atoms. The number of hydrogen-bond acceptors (Lipinski definition) is 5. The molecule has 36 heavy (non-hydrogen) atoms. The maximum atomic E-state index is 13.8. The Kier molecular flexibility index (Phi) is 8.76. The largest absolute Gasteiger partial charge is 0.492 e. The molecule has 1 aliphatic carbocycles. The molecule has 1 fully saturated rings. The minimum atomic E-state index is -0.121. The molecule has 1 N–H and O–H groups in total. The van der Waals surface area contributed by atoms with E-state index in [9.17, 15) is 4.79 Å². The smallest absolute Gasteiger partial charge is 0.256 e. The fourth-order valence-corrected chi connectivity index (χ4v) is 4.00. The van der Waals surface area contributed by atoms with Gasteiger partial charge in [-0.05, 0) is 86.0 Å². The highest BCUT2D eigenvalue weighted by Crippen LogP contribution is 2.46. The molecule has 0 atom stereocenters. The molecule has 1 aliphatic rings. The predicted octanol–water partition coefficient (Wildman–Crippen LogP) is 5.57. The highest BCUT2D eigenvalue weighted by molar-refractivity contribution is 6.31. The molecular weight excluding hydrogens is 452 g/mol. The van der Waals surface area contributed by atoms with Gasteiger partial charge in [-0.15, -0.1) is 0 Å². The van der Waals surface area contributed by atoms with Crippen LogP contribution in [0, 0.1) is 5.92 Å². The first kappa shape index (κ1) is 25.5. The summed E-state index contributed by atoms with van der Waals surface area (Å²) in [5, 5.41) is 3.11. The minimum Gasteiger partial charge on any atom is -0.492 e. The number of nitrogens with zero attached hydrogens (tertiary/aromatic N) is 1. The van der Waals surface area contributed by atoms with Crippen LogP contribution >= 0.6 is 0 Å². The van der Waals surface area contributed by atoms with E-state index in [-0.39, 0.29) is 12.7 Å². The molecule has 1 saturated carbocycles. The summed E-state index contributed by atoms with van der Waals surface area (Å²) in [5.41, 5.74) is 4.43. The number of benzene rings is 3. The molecule has 4 rings (SSSR count). The van der Waals surface area contributed by atoms with Gasteiger partial charge in [0.15, 0.2) is 6.79 Å². The van der Waals surface area contributed by atoms with Crippen LogP contribution in [0.15, 0.2) is 78.9 Å². The molecule has 1 amide bonds. The van der Waals surface area contributed by atoms with Crippen molar-refractivity contribution in [1.82, 2.24) is 4.90 Å². The van der Waals surface area contributed by atoms with Crippen molar-refractivity contribution in [3.8, 4) is 11.5 Å². The van der Waals surface area contributed by atoms with Crippen molar-refractivity contribution in [2.75, 3.05) is 46.5 Å². The van der Waals surface area contributed by atoms with E-state index in [0.717, 1.165) is 53.3 Å². The Bertz CT molecular complexity index is 1150. The van der Waals surface area contributed by atoms with Crippen molar-refractivity contribution in [2.45, 2.75) is 12.8 Å². The van der Waals surface area contributed by atoms with Crippen molar-refractivity contribution >= 4 is 22.7 Å². The molecule has 0 radical (unpaired) electrons. The Balaban J connectivity index is 1.61. The molecule has 6 heteroatoms. The van der Waals surface area contributed by atoms with Gasteiger partial charge < -0.3 is 24.4 Å². The van der Waals surface area contributed by atoms with Crippen LogP contribution in [0.25, 0.3) is 11.1 Å². The van der Waals surface area contributed by atoms with Crippen LogP contribution in [0.2, 0.25) is 0 Å². The van der Waals surface area contributed by atoms with Gasteiger partial charge in [0.25, 0.3) is 5.91 Å². The lowest BCUT2D eigenvalue weighted by Crippen LogP contribution is -2.19. The molecule has 0 spiro atoms. The summed E-state index contributed by atoms with van der Waals surface area (Å²) in [6, 6.07) is 25.3. The monoisotopic (exact) mass is 486 g/mol. The Labute approximate surface area is 213 Å². The molecule has 0 saturated heterocycles. The topological polar surface area (TPSA) is 60.0 Å². The molecule has 6 nitrogen and oxygen atoms in total. The minimum absolute atomic E-state index is 0.121. The van der Waals surface area contributed by atoms with E-state index in [0.29, 0.717) is 18.1 Å². The van der Waals surface area contributed by atoms with Crippen LogP contribution < -0.4 is 14.8 Å². The van der Waals surface area contributed by atoms with Gasteiger partial charge in [-0.25, -0.2) is 0 Å².